The summed E-state index contributed by atoms with van der Waals surface area (Å²) in [5.41, 5.74) is 2.49. The molecule has 0 unspecified atom stereocenters. The van der Waals surface area contributed by atoms with E-state index in [1.807, 2.05) is 0 Å². The fourth-order valence-corrected chi connectivity index (χ4v) is 0.938. The average molecular weight is 597 g/mol. The number of rotatable bonds is 6. The van der Waals surface area contributed by atoms with Gasteiger partial charge in [-0.1, -0.05) is 10.3 Å². The van der Waals surface area contributed by atoms with Gasteiger partial charge in [-0.15, -0.1) is 0 Å². The zero-order valence-electron chi connectivity index (χ0n) is 11.9. The minimum atomic E-state index is 0.521. The molecule has 0 amide bonds. The fraction of sp³-hybridized carbons (Fsp3) is 0.636. The molecular formula is C11H20I2N4O2Rh. The van der Waals surface area contributed by atoms with Crippen LogP contribution in [0.3, 0.4) is 0 Å². The average Bonchev–Trinajstić information content (AvgIpc) is 2.45. The summed E-state index contributed by atoms with van der Waals surface area (Å²) < 4.78 is 0. The second kappa shape index (κ2) is 15.7. The van der Waals surface area contributed by atoms with E-state index < -0.39 is 0 Å². The number of aliphatic imine (C=N–C) groups is 2. The van der Waals surface area contributed by atoms with E-state index >= 15 is 0 Å². The Morgan fingerprint density at radius 3 is 1.35 bits per heavy atom. The van der Waals surface area contributed by atoms with Crippen molar-refractivity contribution in [3.05, 3.63) is 0 Å². The Balaban J connectivity index is 0. The van der Waals surface area contributed by atoms with Crippen molar-refractivity contribution < 1.29 is 20.5 Å². The van der Waals surface area contributed by atoms with Gasteiger partial charge in [0.15, 0.2) is 0 Å². The van der Waals surface area contributed by atoms with Gasteiger partial charge in [-0.25, -0.2) is 0 Å². The molecule has 0 atom stereocenters. The van der Waals surface area contributed by atoms with E-state index in [1.165, 1.54) is 0 Å². The Morgan fingerprint density at radius 1 is 0.800 bits per heavy atom. The molecule has 0 heterocycles. The third-order valence-electron chi connectivity index (χ3n) is 2.36. The molecule has 0 aliphatic rings. The second-order valence-corrected chi connectivity index (χ2v) is 16.3. The third kappa shape index (κ3) is 13.4. The van der Waals surface area contributed by atoms with E-state index in [4.69, 9.17) is 10.4 Å². The molecule has 0 aliphatic carbocycles. The molecule has 0 fully saturated rings. The molecule has 0 saturated carbocycles. The van der Waals surface area contributed by atoms with E-state index in [0.29, 0.717) is 24.5 Å². The van der Waals surface area contributed by atoms with Crippen LogP contribution in [0.25, 0.3) is 0 Å². The van der Waals surface area contributed by atoms with Gasteiger partial charge in [0, 0.05) is 13.1 Å². The number of hydrogen-bond donors (Lipinski definition) is 2. The summed E-state index contributed by atoms with van der Waals surface area (Å²) in [4.78, 5) is 8.47. The quantitative estimate of drug-likeness (QED) is 0.122. The van der Waals surface area contributed by atoms with Crippen LogP contribution in [-0.2, 0) is 10.1 Å². The van der Waals surface area contributed by atoms with E-state index in [2.05, 4.69) is 59.8 Å². The van der Waals surface area contributed by atoms with Crippen molar-refractivity contribution >= 4 is 62.3 Å². The van der Waals surface area contributed by atoms with Crippen molar-refractivity contribution in [1.29, 1.82) is 0 Å². The number of nitrogens with zero attached hydrogens (tertiary/aromatic N) is 4. The molecule has 2 N–H and O–H groups in total. The molecule has 0 spiro atoms. The summed E-state index contributed by atoms with van der Waals surface area (Å²) in [6.45, 7) is 8.25. The van der Waals surface area contributed by atoms with Gasteiger partial charge in [-0.05, 0) is 34.1 Å². The summed E-state index contributed by atoms with van der Waals surface area (Å²) in [7, 11) is 0.770. The molecule has 119 valence electrons. The predicted octanol–water partition coefficient (Wildman–Crippen LogP) is 3.77. The van der Waals surface area contributed by atoms with Gasteiger partial charge in [0.25, 0.3) is 0 Å². The Kier molecular flexibility index (Phi) is 17.8. The standard InChI is InChI=1S/C11H20N4O2.2HI.Rh/c1-8(10(3)14-16)12-6-5-7-13-9(2)11(4)15-17;;;/h16-17H,5-7H2,1-4H3;2*1H;/q;;;+2/p-2/b12-8?,13-9?,14-10+,15-11+;;;. The Bertz CT molecular complexity index is 351. The van der Waals surface area contributed by atoms with Crippen LogP contribution in [-0.4, -0.2) is 46.4 Å². The van der Waals surface area contributed by atoms with E-state index in [9.17, 15) is 0 Å². The summed E-state index contributed by atoms with van der Waals surface area (Å²) in [6, 6.07) is 0. The van der Waals surface area contributed by atoms with Crippen LogP contribution in [0.5, 0.6) is 0 Å². The molecule has 0 saturated heterocycles. The van der Waals surface area contributed by atoms with Crippen molar-refractivity contribution in [3.8, 4) is 0 Å². The van der Waals surface area contributed by atoms with Crippen LogP contribution in [0.4, 0.5) is 0 Å². The molecule has 0 bridgehead atoms. The Hall–Kier alpha value is 0.363. The van der Waals surface area contributed by atoms with Crippen LogP contribution in [0.15, 0.2) is 20.3 Å². The molecular weight excluding hydrogens is 577 g/mol. The molecule has 0 aromatic rings. The maximum absolute atomic E-state index is 8.52. The van der Waals surface area contributed by atoms with Crippen molar-refractivity contribution in [3.63, 3.8) is 0 Å². The van der Waals surface area contributed by atoms with Crippen LogP contribution < -0.4 is 0 Å². The summed E-state index contributed by atoms with van der Waals surface area (Å²) >= 11 is 4.69. The fourth-order valence-electron chi connectivity index (χ4n) is 0.938. The first kappa shape index (κ1) is 22.6. The molecule has 0 aromatic heterocycles. The first-order valence-electron chi connectivity index (χ1n) is 5.68. The third-order valence-corrected chi connectivity index (χ3v) is 2.36. The first-order valence-corrected chi connectivity index (χ1v) is 15.4. The molecule has 0 aromatic carbocycles. The van der Waals surface area contributed by atoms with E-state index in [-0.39, 0.29) is 0 Å². The van der Waals surface area contributed by atoms with E-state index in [0.717, 1.165) is 27.9 Å². The van der Waals surface area contributed by atoms with Crippen LogP contribution in [0.1, 0.15) is 34.1 Å². The van der Waals surface area contributed by atoms with Crippen LogP contribution >= 0.6 is 39.5 Å². The monoisotopic (exact) mass is 597 g/mol. The topological polar surface area (TPSA) is 89.9 Å². The van der Waals surface area contributed by atoms with Gasteiger partial charge in [-0.2, -0.15) is 0 Å². The molecule has 0 radical (unpaired) electrons. The van der Waals surface area contributed by atoms with Crippen molar-refractivity contribution in [2.45, 2.75) is 34.1 Å². The van der Waals surface area contributed by atoms with Gasteiger partial charge in [0.05, 0.1) is 22.8 Å². The maximum atomic E-state index is 8.52. The van der Waals surface area contributed by atoms with Crippen molar-refractivity contribution in [2.75, 3.05) is 13.1 Å². The van der Waals surface area contributed by atoms with Gasteiger partial charge >= 0.3 is 49.6 Å². The number of oxime groups is 2. The Morgan fingerprint density at radius 2 is 1.10 bits per heavy atom. The molecule has 6 nitrogen and oxygen atoms in total. The zero-order valence-corrected chi connectivity index (χ0v) is 17.8. The Labute approximate surface area is 149 Å². The summed E-state index contributed by atoms with van der Waals surface area (Å²) in [5, 5.41) is 23.2. The molecule has 0 rings (SSSR count). The van der Waals surface area contributed by atoms with Gasteiger partial charge < -0.3 is 10.4 Å². The predicted molar refractivity (Wildman–Crippen MR) is 98.4 cm³/mol. The van der Waals surface area contributed by atoms with Crippen LogP contribution in [0.2, 0.25) is 0 Å². The van der Waals surface area contributed by atoms with Gasteiger partial charge in [0.2, 0.25) is 0 Å². The molecule has 20 heavy (non-hydrogen) atoms. The molecule has 0 aliphatic heterocycles. The normalized spacial score (nSPS) is 14.1. The van der Waals surface area contributed by atoms with Gasteiger partial charge in [-0.3, -0.25) is 9.98 Å². The summed E-state index contributed by atoms with van der Waals surface area (Å²) in [6.07, 6.45) is 0.798. The van der Waals surface area contributed by atoms with Crippen molar-refractivity contribution in [2.24, 2.45) is 20.3 Å². The minimum absolute atomic E-state index is 0.521. The number of halogens is 2. The van der Waals surface area contributed by atoms with Gasteiger partial charge in [0.1, 0.15) is 0 Å². The number of hydrogen-bond acceptors (Lipinski definition) is 6. The van der Waals surface area contributed by atoms with Crippen LogP contribution in [0, 0.1) is 0 Å². The van der Waals surface area contributed by atoms with Crippen molar-refractivity contribution in [1.82, 2.24) is 0 Å². The summed E-state index contributed by atoms with van der Waals surface area (Å²) in [5.74, 6) is 0. The first-order chi connectivity index (χ1) is 9.44. The second-order valence-electron chi connectivity index (χ2n) is 3.71. The SMILES string of the molecule is CC(=NCCCN=C(C)/C(C)=N/O)/C(C)=N/O.[I][Rh][I]. The van der Waals surface area contributed by atoms with E-state index in [1.54, 1.807) is 27.7 Å². The molecule has 9 heteroatoms. The zero-order chi connectivity index (χ0) is 16.0.